The number of hydrazone groups is 1. The molecule has 6 heteroatoms. The van der Waals surface area contributed by atoms with Gasteiger partial charge >= 0.3 is 0 Å². The number of carbonyl (C=O) groups is 1. The lowest BCUT2D eigenvalue weighted by Crippen LogP contribution is -2.26. The van der Waals surface area contributed by atoms with E-state index in [1.165, 1.54) is 11.9 Å². The van der Waals surface area contributed by atoms with E-state index in [2.05, 4.69) is 5.10 Å². The van der Waals surface area contributed by atoms with Crippen LogP contribution in [0.5, 0.6) is 0 Å². The van der Waals surface area contributed by atoms with E-state index < -0.39 is 0 Å². The SMILES string of the molecule is CC(=O)N1N=C(c2ccc(C)o2)C[C@H]1c1nc2ccccc2n1C. The van der Waals surface area contributed by atoms with E-state index in [-0.39, 0.29) is 11.9 Å². The van der Waals surface area contributed by atoms with Gasteiger partial charge in [-0.15, -0.1) is 0 Å². The summed E-state index contributed by atoms with van der Waals surface area (Å²) >= 11 is 0. The Balaban J connectivity index is 1.77. The summed E-state index contributed by atoms with van der Waals surface area (Å²) in [6, 6.07) is 11.5. The topological polar surface area (TPSA) is 63.6 Å². The molecular formula is C18H18N4O2. The highest BCUT2D eigenvalue weighted by Crippen LogP contribution is 2.33. The monoisotopic (exact) mass is 322 g/mol. The summed E-state index contributed by atoms with van der Waals surface area (Å²) in [5.41, 5.74) is 2.73. The number of hydrogen-bond donors (Lipinski definition) is 0. The largest absolute Gasteiger partial charge is 0.460 e. The minimum atomic E-state index is -0.222. The van der Waals surface area contributed by atoms with E-state index in [4.69, 9.17) is 9.40 Å². The lowest BCUT2D eigenvalue weighted by molar-refractivity contribution is -0.130. The Labute approximate surface area is 139 Å². The summed E-state index contributed by atoms with van der Waals surface area (Å²) in [5, 5.41) is 6.00. The van der Waals surface area contributed by atoms with Gasteiger partial charge in [-0.05, 0) is 31.2 Å². The van der Waals surface area contributed by atoms with Crippen molar-refractivity contribution in [2.75, 3.05) is 0 Å². The summed E-state index contributed by atoms with van der Waals surface area (Å²) in [7, 11) is 1.97. The maximum absolute atomic E-state index is 12.1. The fourth-order valence-electron chi connectivity index (χ4n) is 3.20. The lowest BCUT2D eigenvalue weighted by Gasteiger charge is -2.19. The number of amides is 1. The molecular weight excluding hydrogens is 304 g/mol. The summed E-state index contributed by atoms with van der Waals surface area (Å²) in [6.07, 6.45) is 0.587. The Hall–Kier alpha value is -2.89. The molecule has 1 aromatic carbocycles. The minimum Gasteiger partial charge on any atom is -0.460 e. The fraction of sp³-hybridized carbons (Fsp3) is 0.278. The second-order valence-corrected chi connectivity index (χ2v) is 6.06. The molecule has 3 heterocycles. The molecule has 1 atom stereocenters. The maximum Gasteiger partial charge on any atom is 0.240 e. The molecule has 24 heavy (non-hydrogen) atoms. The molecule has 0 aliphatic carbocycles. The van der Waals surface area contributed by atoms with Crippen LogP contribution in [0.1, 0.15) is 36.7 Å². The molecule has 0 N–H and O–H groups in total. The number of rotatable bonds is 2. The van der Waals surface area contributed by atoms with Crippen LogP contribution in [0.2, 0.25) is 0 Å². The maximum atomic E-state index is 12.1. The van der Waals surface area contributed by atoms with Gasteiger partial charge in [0, 0.05) is 20.4 Å². The first kappa shape index (κ1) is 14.7. The van der Waals surface area contributed by atoms with Crippen molar-refractivity contribution in [3.8, 4) is 0 Å². The highest BCUT2D eigenvalue weighted by molar-refractivity contribution is 6.01. The van der Waals surface area contributed by atoms with Gasteiger partial charge in [0.1, 0.15) is 29.1 Å². The normalized spacial score (nSPS) is 17.5. The first-order chi connectivity index (χ1) is 11.5. The molecule has 0 radical (unpaired) electrons. The number of carbonyl (C=O) groups excluding carboxylic acids is 1. The predicted molar refractivity (Wildman–Crippen MR) is 90.6 cm³/mol. The Bertz CT molecular complexity index is 966. The summed E-state index contributed by atoms with van der Waals surface area (Å²) in [6.45, 7) is 3.42. The Kier molecular flexibility index (Phi) is 3.26. The number of para-hydroxylation sites is 2. The number of imidazole rings is 1. The van der Waals surface area contributed by atoms with Crippen molar-refractivity contribution >= 4 is 22.7 Å². The number of aromatic nitrogens is 2. The highest BCUT2D eigenvalue weighted by Gasteiger charge is 2.35. The molecule has 3 aromatic rings. The van der Waals surface area contributed by atoms with Crippen LogP contribution >= 0.6 is 0 Å². The predicted octanol–water partition coefficient (Wildman–Crippen LogP) is 3.17. The first-order valence-electron chi connectivity index (χ1n) is 7.90. The van der Waals surface area contributed by atoms with Gasteiger partial charge in [0.15, 0.2) is 0 Å². The molecule has 2 aromatic heterocycles. The molecule has 122 valence electrons. The van der Waals surface area contributed by atoms with Crippen molar-refractivity contribution in [2.24, 2.45) is 12.1 Å². The van der Waals surface area contributed by atoms with Crippen LogP contribution in [0.3, 0.4) is 0 Å². The minimum absolute atomic E-state index is 0.106. The number of furan rings is 1. The van der Waals surface area contributed by atoms with Gasteiger partial charge in [0.05, 0.1) is 11.0 Å². The quantitative estimate of drug-likeness (QED) is 0.728. The summed E-state index contributed by atoms with van der Waals surface area (Å²) < 4.78 is 7.70. The number of nitrogens with zero attached hydrogens (tertiary/aromatic N) is 4. The van der Waals surface area contributed by atoms with Crippen LogP contribution in [0.4, 0.5) is 0 Å². The van der Waals surface area contributed by atoms with Crippen molar-refractivity contribution < 1.29 is 9.21 Å². The number of benzene rings is 1. The third-order valence-electron chi connectivity index (χ3n) is 4.38. The van der Waals surface area contributed by atoms with E-state index in [0.29, 0.717) is 12.2 Å². The van der Waals surface area contributed by atoms with Crippen LogP contribution < -0.4 is 0 Å². The van der Waals surface area contributed by atoms with E-state index in [1.54, 1.807) is 0 Å². The van der Waals surface area contributed by atoms with Crippen LogP contribution in [-0.4, -0.2) is 26.2 Å². The first-order valence-corrected chi connectivity index (χ1v) is 7.90. The zero-order valence-electron chi connectivity index (χ0n) is 13.9. The van der Waals surface area contributed by atoms with Gasteiger partial charge in [-0.25, -0.2) is 9.99 Å². The summed E-state index contributed by atoms with van der Waals surface area (Å²) in [4.78, 5) is 16.8. The van der Waals surface area contributed by atoms with E-state index >= 15 is 0 Å². The Morgan fingerprint density at radius 3 is 2.71 bits per heavy atom. The molecule has 0 saturated carbocycles. The molecule has 6 nitrogen and oxygen atoms in total. The Morgan fingerprint density at radius 1 is 1.25 bits per heavy atom. The molecule has 0 unspecified atom stereocenters. The van der Waals surface area contributed by atoms with Crippen molar-refractivity contribution in [3.63, 3.8) is 0 Å². The smallest absolute Gasteiger partial charge is 0.240 e. The van der Waals surface area contributed by atoms with E-state index in [9.17, 15) is 4.79 Å². The number of hydrogen-bond acceptors (Lipinski definition) is 4. The van der Waals surface area contributed by atoms with Gasteiger partial charge in [-0.1, -0.05) is 12.1 Å². The molecule has 1 aliphatic rings. The van der Waals surface area contributed by atoms with Crippen molar-refractivity contribution in [3.05, 3.63) is 53.7 Å². The standard InChI is InChI=1S/C18H18N4O2/c1-11-8-9-17(24-11)14-10-16(22(20-14)12(2)23)18-19-13-6-4-5-7-15(13)21(18)3/h4-9,16H,10H2,1-3H3/t16-/m0/s1. The average Bonchev–Trinajstić information content (AvgIpc) is 3.25. The Morgan fingerprint density at radius 2 is 2.04 bits per heavy atom. The van der Waals surface area contributed by atoms with Gasteiger partial charge in [-0.2, -0.15) is 5.10 Å². The average molecular weight is 322 g/mol. The van der Waals surface area contributed by atoms with Crippen molar-refractivity contribution in [1.29, 1.82) is 0 Å². The molecule has 1 amide bonds. The van der Waals surface area contributed by atoms with Crippen molar-refractivity contribution in [1.82, 2.24) is 14.6 Å². The van der Waals surface area contributed by atoms with E-state index in [0.717, 1.165) is 28.3 Å². The third-order valence-corrected chi connectivity index (χ3v) is 4.38. The molecule has 0 bridgehead atoms. The third kappa shape index (κ3) is 2.22. The fourth-order valence-corrected chi connectivity index (χ4v) is 3.20. The van der Waals surface area contributed by atoms with Crippen LogP contribution in [0, 0.1) is 6.92 Å². The second-order valence-electron chi connectivity index (χ2n) is 6.06. The second kappa shape index (κ2) is 5.33. The van der Waals surface area contributed by atoms with Gasteiger partial charge in [0.25, 0.3) is 0 Å². The molecule has 4 rings (SSSR count). The van der Waals surface area contributed by atoms with Gasteiger partial charge in [0.2, 0.25) is 5.91 Å². The zero-order valence-corrected chi connectivity index (χ0v) is 13.9. The van der Waals surface area contributed by atoms with Crippen molar-refractivity contribution in [2.45, 2.75) is 26.3 Å². The highest BCUT2D eigenvalue weighted by atomic mass is 16.3. The summed E-state index contributed by atoms with van der Waals surface area (Å²) in [5.74, 6) is 2.26. The molecule has 0 spiro atoms. The van der Waals surface area contributed by atoms with Gasteiger partial charge in [-0.3, -0.25) is 4.79 Å². The number of fused-ring (bicyclic) bond motifs is 1. The van der Waals surface area contributed by atoms with Gasteiger partial charge < -0.3 is 8.98 Å². The van der Waals surface area contributed by atoms with E-state index in [1.807, 2.05) is 54.9 Å². The molecule has 1 aliphatic heterocycles. The van der Waals surface area contributed by atoms with Crippen LogP contribution in [-0.2, 0) is 11.8 Å². The van der Waals surface area contributed by atoms with Crippen LogP contribution in [0.25, 0.3) is 11.0 Å². The zero-order chi connectivity index (χ0) is 16.8. The molecule has 0 saturated heterocycles. The molecule has 0 fully saturated rings. The number of aryl methyl sites for hydroxylation is 2. The lowest BCUT2D eigenvalue weighted by atomic mass is 10.1. The van der Waals surface area contributed by atoms with Crippen LogP contribution in [0.15, 0.2) is 45.9 Å².